The number of nitro groups is 1. The molecule has 0 aromatic heterocycles. The van der Waals surface area contributed by atoms with Crippen LogP contribution >= 0.6 is 11.8 Å². The number of benzene rings is 2. The van der Waals surface area contributed by atoms with Gasteiger partial charge >= 0.3 is 0 Å². The number of hydrogen-bond acceptors (Lipinski definition) is 7. The molecular formula is C23H22N4O4S. The fraction of sp³-hybridized carbons (Fsp3) is 0.217. The van der Waals surface area contributed by atoms with E-state index in [-0.39, 0.29) is 16.5 Å². The van der Waals surface area contributed by atoms with Crippen molar-refractivity contribution in [1.29, 1.82) is 0 Å². The van der Waals surface area contributed by atoms with Crippen molar-refractivity contribution in [3.63, 3.8) is 0 Å². The smallest absolute Gasteiger partial charge is 0.292 e. The first-order valence-corrected chi connectivity index (χ1v) is 11.0. The number of hydrogen-bond donors (Lipinski definition) is 0. The van der Waals surface area contributed by atoms with E-state index in [1.54, 1.807) is 30.4 Å². The summed E-state index contributed by atoms with van der Waals surface area (Å²) in [6, 6.07) is 14.3. The van der Waals surface area contributed by atoms with Gasteiger partial charge in [0.25, 0.3) is 11.6 Å². The van der Waals surface area contributed by atoms with Crippen LogP contribution in [-0.2, 0) is 4.79 Å². The number of piperazine rings is 1. The standard InChI is InChI=1S/C23H22N4O4S/c1-2-15-31-20-10-6-3-7-17(20)16-21-22(28)24-23(32-21)26-13-11-25(12-14-26)18-8-4-5-9-19(18)27(29)30/h2-10,16H,1,11-15H2/b21-16+. The number of rotatable bonds is 6. The summed E-state index contributed by atoms with van der Waals surface area (Å²) in [5.74, 6) is 0.407. The summed E-state index contributed by atoms with van der Waals surface area (Å²) < 4.78 is 5.67. The van der Waals surface area contributed by atoms with Gasteiger partial charge < -0.3 is 14.5 Å². The molecule has 2 aromatic carbocycles. The third-order valence-electron chi connectivity index (χ3n) is 5.14. The van der Waals surface area contributed by atoms with Gasteiger partial charge in [0.15, 0.2) is 5.17 Å². The normalized spacial score (nSPS) is 17.4. The number of anilines is 1. The van der Waals surface area contributed by atoms with Crippen molar-refractivity contribution >= 4 is 40.3 Å². The molecule has 8 nitrogen and oxygen atoms in total. The van der Waals surface area contributed by atoms with Gasteiger partial charge in [0, 0.05) is 37.8 Å². The van der Waals surface area contributed by atoms with E-state index >= 15 is 0 Å². The van der Waals surface area contributed by atoms with Crippen molar-refractivity contribution in [1.82, 2.24) is 4.90 Å². The largest absolute Gasteiger partial charge is 0.489 e. The number of amides is 1. The predicted molar refractivity (Wildman–Crippen MR) is 127 cm³/mol. The van der Waals surface area contributed by atoms with E-state index < -0.39 is 0 Å². The summed E-state index contributed by atoms with van der Waals surface area (Å²) >= 11 is 1.34. The van der Waals surface area contributed by atoms with Crippen LogP contribution in [0.3, 0.4) is 0 Å². The lowest BCUT2D eigenvalue weighted by atomic mass is 10.2. The van der Waals surface area contributed by atoms with Gasteiger partial charge in [-0.1, -0.05) is 43.0 Å². The van der Waals surface area contributed by atoms with Crippen molar-refractivity contribution < 1.29 is 14.5 Å². The molecule has 1 saturated heterocycles. The molecule has 4 rings (SSSR count). The van der Waals surface area contributed by atoms with E-state index in [4.69, 9.17) is 4.74 Å². The van der Waals surface area contributed by atoms with Gasteiger partial charge in [-0.2, -0.15) is 4.99 Å². The quantitative estimate of drug-likeness (QED) is 0.285. The Kier molecular flexibility index (Phi) is 6.55. The minimum atomic E-state index is -0.356. The van der Waals surface area contributed by atoms with Gasteiger partial charge in [0.1, 0.15) is 18.0 Å². The molecule has 1 amide bonds. The van der Waals surface area contributed by atoms with Gasteiger partial charge in [-0.25, -0.2) is 0 Å². The number of carbonyl (C=O) groups excluding carboxylic acids is 1. The Labute approximate surface area is 190 Å². The van der Waals surface area contributed by atoms with Crippen LogP contribution in [0.4, 0.5) is 11.4 Å². The third-order valence-corrected chi connectivity index (χ3v) is 6.19. The molecule has 0 aliphatic carbocycles. The van der Waals surface area contributed by atoms with Crippen LogP contribution in [0.1, 0.15) is 5.56 Å². The molecule has 0 saturated carbocycles. The van der Waals surface area contributed by atoms with Crippen molar-refractivity contribution in [3.8, 4) is 5.75 Å². The first-order valence-electron chi connectivity index (χ1n) is 10.2. The summed E-state index contributed by atoms with van der Waals surface area (Å²) in [6.07, 6.45) is 3.47. The number of carbonyl (C=O) groups is 1. The summed E-state index contributed by atoms with van der Waals surface area (Å²) in [4.78, 5) is 32.3. The minimum Gasteiger partial charge on any atom is -0.489 e. The van der Waals surface area contributed by atoms with Crippen LogP contribution < -0.4 is 9.64 Å². The number of nitro benzene ring substituents is 1. The van der Waals surface area contributed by atoms with Crippen molar-refractivity contribution in [3.05, 3.63) is 81.8 Å². The fourth-order valence-corrected chi connectivity index (χ4v) is 4.53. The molecule has 0 N–H and O–H groups in total. The zero-order valence-electron chi connectivity index (χ0n) is 17.3. The first kappa shape index (κ1) is 21.6. The molecule has 0 bridgehead atoms. The molecule has 2 aromatic rings. The zero-order chi connectivity index (χ0) is 22.5. The molecule has 2 aliphatic rings. The molecule has 0 atom stereocenters. The molecular weight excluding hydrogens is 428 g/mol. The summed E-state index contributed by atoms with van der Waals surface area (Å²) in [5.41, 5.74) is 1.53. The third kappa shape index (κ3) is 4.67. The molecule has 2 heterocycles. The Morgan fingerprint density at radius 3 is 2.53 bits per heavy atom. The van der Waals surface area contributed by atoms with E-state index in [0.29, 0.717) is 54.3 Å². The lowest BCUT2D eigenvalue weighted by Gasteiger charge is -2.36. The predicted octanol–water partition coefficient (Wildman–Crippen LogP) is 3.95. The summed E-state index contributed by atoms with van der Waals surface area (Å²) in [6.45, 7) is 6.50. The van der Waals surface area contributed by atoms with E-state index in [9.17, 15) is 14.9 Å². The van der Waals surface area contributed by atoms with Gasteiger partial charge in [-0.05, 0) is 30.0 Å². The minimum absolute atomic E-state index is 0.103. The van der Waals surface area contributed by atoms with Crippen molar-refractivity contribution in [2.75, 3.05) is 37.7 Å². The SMILES string of the molecule is C=CCOc1ccccc1/C=C1/SC(N2CCN(c3ccccc3[N+](=O)[O-])CC2)=NC1=O. The van der Waals surface area contributed by atoms with Crippen LogP contribution in [0, 0.1) is 10.1 Å². The Bertz CT molecular complexity index is 1110. The second kappa shape index (κ2) is 9.69. The highest BCUT2D eigenvalue weighted by Gasteiger charge is 2.30. The van der Waals surface area contributed by atoms with Crippen LogP contribution in [0.25, 0.3) is 6.08 Å². The molecule has 1 fully saturated rings. The first-order chi connectivity index (χ1) is 15.6. The number of thioether (sulfide) groups is 1. The maximum Gasteiger partial charge on any atom is 0.292 e. The van der Waals surface area contributed by atoms with E-state index in [2.05, 4.69) is 16.5 Å². The number of para-hydroxylation sites is 3. The van der Waals surface area contributed by atoms with Gasteiger partial charge in [0.2, 0.25) is 0 Å². The molecule has 2 aliphatic heterocycles. The Morgan fingerprint density at radius 1 is 1.09 bits per heavy atom. The van der Waals surface area contributed by atoms with Gasteiger partial charge in [-0.3, -0.25) is 14.9 Å². The molecule has 32 heavy (non-hydrogen) atoms. The number of aliphatic imine (C=N–C) groups is 1. The fourth-order valence-electron chi connectivity index (χ4n) is 3.58. The Hall–Kier alpha value is -3.59. The van der Waals surface area contributed by atoms with Gasteiger partial charge in [0.05, 0.1) is 9.83 Å². The number of amidine groups is 1. The second-order valence-corrected chi connectivity index (χ2v) is 8.18. The summed E-state index contributed by atoms with van der Waals surface area (Å²) in [5, 5.41) is 12.0. The lowest BCUT2D eigenvalue weighted by molar-refractivity contribution is -0.384. The van der Waals surface area contributed by atoms with E-state index in [1.165, 1.54) is 17.8 Å². The Morgan fingerprint density at radius 2 is 1.78 bits per heavy atom. The van der Waals surface area contributed by atoms with Crippen LogP contribution in [0.5, 0.6) is 5.75 Å². The van der Waals surface area contributed by atoms with Crippen molar-refractivity contribution in [2.45, 2.75) is 0 Å². The molecule has 9 heteroatoms. The Balaban J connectivity index is 1.43. The molecule has 164 valence electrons. The highest BCUT2D eigenvalue weighted by atomic mass is 32.2. The van der Waals surface area contributed by atoms with Crippen molar-refractivity contribution in [2.24, 2.45) is 4.99 Å². The van der Waals surface area contributed by atoms with Crippen LogP contribution in [0.2, 0.25) is 0 Å². The average Bonchev–Trinajstić information content (AvgIpc) is 3.18. The monoisotopic (exact) mass is 450 g/mol. The molecule has 0 spiro atoms. The number of nitrogens with zero attached hydrogens (tertiary/aromatic N) is 4. The number of ether oxygens (including phenoxy) is 1. The highest BCUT2D eigenvalue weighted by Crippen LogP contribution is 2.34. The second-order valence-electron chi connectivity index (χ2n) is 7.17. The van der Waals surface area contributed by atoms with Gasteiger partial charge in [-0.15, -0.1) is 0 Å². The zero-order valence-corrected chi connectivity index (χ0v) is 18.2. The lowest BCUT2D eigenvalue weighted by Crippen LogP contribution is -2.48. The van der Waals surface area contributed by atoms with E-state index in [1.807, 2.05) is 29.2 Å². The maximum atomic E-state index is 12.5. The topological polar surface area (TPSA) is 88.3 Å². The van der Waals surface area contributed by atoms with E-state index in [0.717, 1.165) is 5.56 Å². The highest BCUT2D eigenvalue weighted by molar-refractivity contribution is 8.18. The van der Waals surface area contributed by atoms with Crippen LogP contribution in [0.15, 0.2) is 71.1 Å². The van der Waals surface area contributed by atoms with Crippen LogP contribution in [-0.4, -0.2) is 53.7 Å². The average molecular weight is 451 g/mol. The molecule has 0 unspecified atom stereocenters. The maximum absolute atomic E-state index is 12.5. The summed E-state index contributed by atoms with van der Waals surface area (Å²) in [7, 11) is 0. The molecule has 0 radical (unpaired) electrons.